The lowest BCUT2D eigenvalue weighted by Gasteiger charge is -2.15. The largest absolute Gasteiger partial charge is 0.465 e. The minimum absolute atomic E-state index is 0.00233. The van der Waals surface area contributed by atoms with Gasteiger partial charge in [-0.15, -0.1) is 0 Å². The maximum atomic E-state index is 12.4. The summed E-state index contributed by atoms with van der Waals surface area (Å²) in [6.45, 7) is 3.11. The third kappa shape index (κ3) is 3.82. The van der Waals surface area contributed by atoms with Crippen LogP contribution in [0.25, 0.3) is 11.0 Å². The first-order chi connectivity index (χ1) is 12.0. The van der Waals surface area contributed by atoms with Crippen molar-refractivity contribution < 1.29 is 24.3 Å². The highest BCUT2D eigenvalue weighted by molar-refractivity contribution is 6.42. The highest BCUT2D eigenvalue weighted by Crippen LogP contribution is 2.18. The number of H-pyrrole nitrogens is 1. The summed E-state index contributed by atoms with van der Waals surface area (Å²) in [6.07, 6.45) is 0. The molecule has 2 N–H and O–H groups in total. The number of nitrogens with one attached hydrogen (secondary N) is 1. The fourth-order valence-electron chi connectivity index (χ4n) is 2.24. The van der Waals surface area contributed by atoms with E-state index in [2.05, 4.69) is 15.1 Å². The number of hydrogen-bond donors (Lipinski definition) is 2. The van der Waals surface area contributed by atoms with Crippen LogP contribution in [0.1, 0.15) is 25.5 Å². The van der Waals surface area contributed by atoms with Gasteiger partial charge in [0.1, 0.15) is 5.69 Å². The van der Waals surface area contributed by atoms with E-state index in [0.717, 1.165) is 0 Å². The van der Waals surface area contributed by atoms with Crippen molar-refractivity contribution in [1.29, 1.82) is 0 Å². The van der Waals surface area contributed by atoms with E-state index in [0.29, 0.717) is 11.0 Å². The van der Waals surface area contributed by atoms with Crippen LogP contribution >= 0.6 is 0 Å². The summed E-state index contributed by atoms with van der Waals surface area (Å²) >= 11 is 0. The molecule has 0 aliphatic rings. The first-order valence-electron chi connectivity index (χ1n) is 7.58. The van der Waals surface area contributed by atoms with E-state index >= 15 is 0 Å². The molecule has 0 aliphatic heterocycles. The third-order valence-electron chi connectivity index (χ3n) is 3.29. The van der Waals surface area contributed by atoms with Crippen LogP contribution in [0.4, 0.5) is 0 Å². The quantitative estimate of drug-likeness (QED) is 0.344. The van der Waals surface area contributed by atoms with Crippen molar-refractivity contribution >= 4 is 28.7 Å². The van der Waals surface area contributed by atoms with Gasteiger partial charge < -0.3 is 19.7 Å². The SMILES string of the molecule is CCOC(=O)/C(=N\O)[C@H](C(=O)OCC)c1nc2ccccc2[nH]c1=O. The Morgan fingerprint density at radius 1 is 1.24 bits per heavy atom. The molecular weight excluding hydrogens is 330 g/mol. The van der Waals surface area contributed by atoms with E-state index in [1.54, 1.807) is 38.1 Å². The summed E-state index contributed by atoms with van der Waals surface area (Å²) in [5, 5.41) is 12.1. The summed E-state index contributed by atoms with van der Waals surface area (Å²) in [6, 6.07) is 6.67. The average Bonchev–Trinajstić information content (AvgIpc) is 2.59. The second-order valence-corrected chi connectivity index (χ2v) is 4.86. The van der Waals surface area contributed by atoms with Crippen molar-refractivity contribution in [1.82, 2.24) is 9.97 Å². The number of ether oxygens (including phenoxy) is 2. The maximum absolute atomic E-state index is 12.4. The minimum Gasteiger partial charge on any atom is -0.465 e. The number of nitrogens with zero attached hydrogens (tertiary/aromatic N) is 2. The van der Waals surface area contributed by atoms with Crippen LogP contribution in [-0.2, 0) is 19.1 Å². The van der Waals surface area contributed by atoms with E-state index in [1.165, 1.54) is 0 Å². The Kier molecular flexibility index (Phi) is 5.83. The van der Waals surface area contributed by atoms with E-state index < -0.39 is 29.1 Å². The normalized spacial score (nSPS) is 12.6. The molecule has 0 unspecified atom stereocenters. The van der Waals surface area contributed by atoms with Crippen LogP contribution in [0.15, 0.2) is 34.2 Å². The van der Waals surface area contributed by atoms with E-state index in [1.807, 2.05) is 0 Å². The van der Waals surface area contributed by atoms with Gasteiger partial charge in [-0.3, -0.25) is 9.59 Å². The summed E-state index contributed by atoms with van der Waals surface area (Å²) in [5.74, 6) is -3.61. The lowest BCUT2D eigenvalue weighted by molar-refractivity contribution is -0.145. The molecular formula is C16H17N3O6. The number of esters is 2. The van der Waals surface area contributed by atoms with Gasteiger partial charge in [0.15, 0.2) is 11.6 Å². The smallest absolute Gasteiger partial charge is 0.357 e. The summed E-state index contributed by atoms with van der Waals surface area (Å²) in [4.78, 5) is 43.4. The molecule has 0 radical (unpaired) electrons. The number of aromatic nitrogens is 2. The molecule has 0 aliphatic carbocycles. The molecule has 0 fully saturated rings. The molecule has 2 rings (SSSR count). The second-order valence-electron chi connectivity index (χ2n) is 4.86. The van der Waals surface area contributed by atoms with Gasteiger partial charge in [0.05, 0.1) is 24.2 Å². The van der Waals surface area contributed by atoms with Crippen molar-refractivity contribution in [2.45, 2.75) is 19.8 Å². The van der Waals surface area contributed by atoms with Crippen molar-refractivity contribution in [3.8, 4) is 0 Å². The van der Waals surface area contributed by atoms with Crippen molar-refractivity contribution in [3.05, 3.63) is 40.3 Å². The molecule has 9 nitrogen and oxygen atoms in total. The number of fused-ring (bicyclic) bond motifs is 1. The van der Waals surface area contributed by atoms with Gasteiger partial charge in [0.2, 0.25) is 0 Å². The molecule has 0 bridgehead atoms. The van der Waals surface area contributed by atoms with Crippen LogP contribution < -0.4 is 5.56 Å². The van der Waals surface area contributed by atoms with Crippen LogP contribution in [0.2, 0.25) is 0 Å². The standard InChI is InChI=1S/C16H17N3O6/c1-3-24-15(21)11(13(19-23)16(22)25-4-2)12-14(20)18-10-8-6-5-7-9(10)17-12/h5-8,11,23H,3-4H2,1-2H3,(H,18,20)/b19-13-/t11-/m1/s1. The first kappa shape index (κ1) is 18.1. The fourth-order valence-corrected chi connectivity index (χ4v) is 2.24. The number of carbonyl (C=O) groups excluding carboxylic acids is 2. The zero-order valence-corrected chi connectivity index (χ0v) is 13.7. The van der Waals surface area contributed by atoms with Crippen LogP contribution in [0.3, 0.4) is 0 Å². The van der Waals surface area contributed by atoms with E-state index in [9.17, 15) is 19.6 Å². The molecule has 0 amide bonds. The molecule has 132 valence electrons. The third-order valence-corrected chi connectivity index (χ3v) is 3.29. The summed E-state index contributed by atoms with van der Waals surface area (Å²) < 4.78 is 9.68. The van der Waals surface area contributed by atoms with Crippen LogP contribution in [0.5, 0.6) is 0 Å². The predicted molar refractivity (Wildman–Crippen MR) is 87.6 cm³/mol. The monoisotopic (exact) mass is 347 g/mol. The number of para-hydroxylation sites is 2. The molecule has 1 aromatic carbocycles. The van der Waals surface area contributed by atoms with Gasteiger partial charge in [0, 0.05) is 0 Å². The number of hydrogen-bond acceptors (Lipinski definition) is 8. The molecule has 2 aromatic rings. The number of aromatic amines is 1. The Hall–Kier alpha value is -3.23. The summed E-state index contributed by atoms with van der Waals surface area (Å²) in [7, 11) is 0. The molecule has 0 saturated carbocycles. The van der Waals surface area contributed by atoms with Gasteiger partial charge in [0.25, 0.3) is 5.56 Å². The van der Waals surface area contributed by atoms with Crippen molar-refractivity contribution in [2.24, 2.45) is 5.16 Å². The van der Waals surface area contributed by atoms with Gasteiger partial charge >= 0.3 is 11.9 Å². The molecule has 1 aromatic heterocycles. The molecule has 9 heteroatoms. The Bertz CT molecular complexity index is 874. The lowest BCUT2D eigenvalue weighted by Crippen LogP contribution is -2.36. The molecule has 1 heterocycles. The Balaban J connectivity index is 2.63. The highest BCUT2D eigenvalue weighted by atomic mass is 16.5. The number of carbonyl (C=O) groups is 2. The fraction of sp³-hybridized carbons (Fsp3) is 0.312. The zero-order chi connectivity index (χ0) is 18.4. The first-order valence-corrected chi connectivity index (χ1v) is 7.58. The average molecular weight is 347 g/mol. The topological polar surface area (TPSA) is 131 Å². The number of rotatable bonds is 6. The highest BCUT2D eigenvalue weighted by Gasteiger charge is 2.37. The van der Waals surface area contributed by atoms with Gasteiger partial charge in [-0.2, -0.15) is 0 Å². The predicted octanol–water partition coefficient (Wildman–Crippen LogP) is 0.963. The van der Waals surface area contributed by atoms with E-state index in [4.69, 9.17) is 9.47 Å². The molecule has 25 heavy (non-hydrogen) atoms. The number of benzene rings is 1. The molecule has 1 atom stereocenters. The Morgan fingerprint density at radius 2 is 1.92 bits per heavy atom. The maximum Gasteiger partial charge on any atom is 0.357 e. The Labute approximate surface area is 142 Å². The van der Waals surface area contributed by atoms with Crippen molar-refractivity contribution in [2.75, 3.05) is 13.2 Å². The second kappa shape index (κ2) is 8.04. The summed E-state index contributed by atoms with van der Waals surface area (Å²) in [5.41, 5.74) is -0.848. The van der Waals surface area contributed by atoms with Gasteiger partial charge in [-0.25, -0.2) is 9.78 Å². The lowest BCUT2D eigenvalue weighted by atomic mass is 9.99. The molecule has 0 saturated heterocycles. The Morgan fingerprint density at radius 3 is 2.56 bits per heavy atom. The van der Waals surface area contributed by atoms with Crippen molar-refractivity contribution in [3.63, 3.8) is 0 Å². The van der Waals surface area contributed by atoms with Gasteiger partial charge in [-0.05, 0) is 26.0 Å². The van der Waals surface area contributed by atoms with Crippen LogP contribution in [-0.4, -0.2) is 46.0 Å². The molecule has 0 spiro atoms. The minimum atomic E-state index is -1.61. The van der Waals surface area contributed by atoms with Gasteiger partial charge in [-0.1, -0.05) is 17.3 Å². The van der Waals surface area contributed by atoms with E-state index in [-0.39, 0.29) is 18.9 Å². The van der Waals surface area contributed by atoms with Crippen LogP contribution in [0, 0.1) is 0 Å². The zero-order valence-electron chi connectivity index (χ0n) is 13.7. The number of oxime groups is 1.